The first-order valence-electron chi connectivity index (χ1n) is 2.74. The Morgan fingerprint density at radius 3 is 2.45 bits per heavy atom. The zero-order valence-corrected chi connectivity index (χ0v) is 8.67. The van der Waals surface area contributed by atoms with E-state index < -0.39 is 13.1 Å². The lowest BCUT2D eigenvalue weighted by atomic mass is 10.9. The van der Waals surface area contributed by atoms with Crippen molar-refractivity contribution in [2.45, 2.75) is 4.84 Å². The van der Waals surface area contributed by atoms with Crippen LogP contribution in [-0.2, 0) is 13.6 Å². The molecule has 0 radical (unpaired) electrons. The molecule has 0 saturated heterocycles. The Bertz CT molecular complexity index is 121. The third-order valence-electron chi connectivity index (χ3n) is 0.580. The molecule has 0 fully saturated rings. The molecule has 0 aromatic carbocycles. The van der Waals surface area contributed by atoms with Gasteiger partial charge in [-0.25, -0.2) is 0 Å². The molecule has 0 heterocycles. The van der Waals surface area contributed by atoms with Gasteiger partial charge >= 0.3 is 8.25 Å². The Balaban J connectivity index is 3.23. The van der Waals surface area contributed by atoms with E-state index in [9.17, 15) is 4.57 Å². The summed E-state index contributed by atoms with van der Waals surface area (Å²) in [5.41, 5.74) is 0. The van der Waals surface area contributed by atoms with Crippen LogP contribution in [0, 0.1) is 0 Å². The lowest BCUT2D eigenvalue weighted by molar-refractivity contribution is 0.242. The molecule has 11 heavy (non-hydrogen) atoms. The van der Waals surface area contributed by atoms with E-state index in [4.69, 9.17) is 34.8 Å². The minimum Gasteiger partial charge on any atom is -0.124 e. The van der Waals surface area contributed by atoms with Gasteiger partial charge in [0.2, 0.25) is 0 Å². The van der Waals surface area contributed by atoms with E-state index in [1.54, 1.807) is 0 Å². The summed E-state index contributed by atoms with van der Waals surface area (Å²) >= 11 is 15.8. The average Bonchev–Trinajstić information content (AvgIpc) is 1.97. The maximum Gasteiger partial charge on any atom is 0.697 e. The van der Waals surface area contributed by atoms with Crippen molar-refractivity contribution in [3.05, 3.63) is 0 Å². The van der Waals surface area contributed by atoms with Crippen LogP contribution in [0.15, 0.2) is 0 Å². The van der Waals surface area contributed by atoms with Gasteiger partial charge in [0.1, 0.15) is 18.1 Å². The third kappa shape index (κ3) is 8.80. The molecule has 0 aliphatic rings. The van der Waals surface area contributed by atoms with Crippen LogP contribution >= 0.6 is 43.1 Å². The molecule has 0 aromatic rings. The summed E-state index contributed by atoms with van der Waals surface area (Å²) in [5, 5.41) is 0. The molecule has 0 saturated carbocycles. The van der Waals surface area contributed by atoms with Gasteiger partial charge in [-0.1, -0.05) is 0 Å². The van der Waals surface area contributed by atoms with Crippen molar-refractivity contribution in [3.8, 4) is 0 Å². The quantitative estimate of drug-likeness (QED) is 0.529. The molecule has 0 bridgehead atoms. The van der Waals surface area contributed by atoms with Crippen molar-refractivity contribution >= 4 is 43.1 Å². The van der Waals surface area contributed by atoms with Gasteiger partial charge in [-0.3, -0.25) is 0 Å². The lowest BCUT2D eigenvalue weighted by Gasteiger charge is -1.90. The Labute approximate surface area is 80.8 Å². The van der Waals surface area contributed by atoms with Crippen molar-refractivity contribution in [2.75, 3.05) is 19.1 Å². The molecule has 1 atom stereocenters. The van der Waals surface area contributed by atoms with Gasteiger partial charge < -0.3 is 0 Å². The van der Waals surface area contributed by atoms with Gasteiger partial charge in [-0.15, -0.1) is 43.9 Å². The first-order chi connectivity index (χ1) is 5.16. The van der Waals surface area contributed by atoms with Crippen molar-refractivity contribution < 1.29 is 13.6 Å². The number of alkyl halides is 3. The normalized spacial score (nSPS) is 12.2. The van der Waals surface area contributed by atoms with E-state index in [0.717, 1.165) is 0 Å². The second-order valence-corrected chi connectivity index (χ2v) is 4.05. The highest BCUT2D eigenvalue weighted by Crippen LogP contribution is 2.24. The summed E-state index contributed by atoms with van der Waals surface area (Å²) in [6.07, 6.45) is 0. The van der Waals surface area contributed by atoms with Crippen LogP contribution in [0.25, 0.3) is 0 Å². The highest BCUT2D eigenvalue weighted by atomic mass is 35.5. The molecular weight excluding hydrogens is 233 g/mol. The van der Waals surface area contributed by atoms with Crippen LogP contribution in [0.4, 0.5) is 0 Å². The average molecular weight is 240 g/mol. The van der Waals surface area contributed by atoms with Crippen LogP contribution in [-0.4, -0.2) is 23.9 Å². The number of halogens is 3. The SMILES string of the molecule is O=[P+](OCCCl)OCC(Cl)Cl. The zero-order valence-electron chi connectivity index (χ0n) is 5.50. The molecule has 66 valence electrons. The first kappa shape index (κ1) is 11.9. The van der Waals surface area contributed by atoms with Crippen molar-refractivity contribution in [1.29, 1.82) is 0 Å². The Morgan fingerprint density at radius 1 is 1.36 bits per heavy atom. The van der Waals surface area contributed by atoms with Crippen LogP contribution in [0.5, 0.6) is 0 Å². The smallest absolute Gasteiger partial charge is 0.124 e. The maximum absolute atomic E-state index is 10.6. The Kier molecular flexibility index (Phi) is 8.14. The van der Waals surface area contributed by atoms with Crippen LogP contribution in [0.2, 0.25) is 0 Å². The standard InChI is InChI=1S/C4H7Cl3O3P/c5-1-2-9-11(8)10-3-4(6)7/h4H,1-3H2/q+1. The number of hydrogen-bond acceptors (Lipinski definition) is 3. The molecule has 0 aliphatic heterocycles. The number of rotatable bonds is 6. The van der Waals surface area contributed by atoms with E-state index in [0.29, 0.717) is 0 Å². The van der Waals surface area contributed by atoms with E-state index in [1.807, 2.05) is 0 Å². The van der Waals surface area contributed by atoms with Gasteiger partial charge in [-0.05, 0) is 0 Å². The summed E-state index contributed by atoms with van der Waals surface area (Å²) in [6.45, 7) is 0.173. The second kappa shape index (κ2) is 7.53. The molecule has 0 rings (SSSR count). The fourth-order valence-electron chi connectivity index (χ4n) is 0.264. The maximum atomic E-state index is 10.6. The Morgan fingerprint density at radius 2 is 2.00 bits per heavy atom. The predicted molar refractivity (Wildman–Crippen MR) is 45.7 cm³/mol. The van der Waals surface area contributed by atoms with Crippen molar-refractivity contribution in [3.63, 3.8) is 0 Å². The summed E-state index contributed by atoms with van der Waals surface area (Å²) in [6, 6.07) is 0. The minimum atomic E-state index is -2.12. The largest absolute Gasteiger partial charge is 0.697 e. The van der Waals surface area contributed by atoms with Gasteiger partial charge in [0.05, 0.1) is 5.88 Å². The van der Waals surface area contributed by atoms with Gasteiger partial charge in [0, 0.05) is 4.57 Å². The zero-order chi connectivity index (χ0) is 8.69. The highest BCUT2D eigenvalue weighted by Gasteiger charge is 2.20. The van der Waals surface area contributed by atoms with Crippen molar-refractivity contribution in [2.24, 2.45) is 0 Å². The summed E-state index contributed by atoms with van der Waals surface area (Å²) in [7, 11) is -2.12. The van der Waals surface area contributed by atoms with Gasteiger partial charge in [0.15, 0.2) is 0 Å². The molecule has 0 spiro atoms. The summed E-state index contributed by atoms with van der Waals surface area (Å²) < 4.78 is 19.8. The first-order valence-corrected chi connectivity index (χ1v) is 5.24. The van der Waals surface area contributed by atoms with E-state index in [1.165, 1.54) is 0 Å². The summed E-state index contributed by atoms with van der Waals surface area (Å²) in [5.74, 6) is 0.273. The third-order valence-corrected chi connectivity index (χ3v) is 1.74. The van der Waals surface area contributed by atoms with Crippen LogP contribution < -0.4 is 0 Å². The molecule has 0 N–H and O–H groups in total. The van der Waals surface area contributed by atoms with E-state index >= 15 is 0 Å². The van der Waals surface area contributed by atoms with Crippen LogP contribution in [0.3, 0.4) is 0 Å². The molecule has 1 unspecified atom stereocenters. The van der Waals surface area contributed by atoms with Crippen LogP contribution in [0.1, 0.15) is 0 Å². The summed E-state index contributed by atoms with van der Waals surface area (Å²) in [4.78, 5) is -0.687. The molecule has 0 aromatic heterocycles. The minimum absolute atomic E-state index is 0.0133. The molecule has 0 aliphatic carbocycles. The van der Waals surface area contributed by atoms with Gasteiger partial charge in [-0.2, -0.15) is 0 Å². The monoisotopic (exact) mass is 239 g/mol. The molecule has 0 amide bonds. The molecule has 7 heteroatoms. The lowest BCUT2D eigenvalue weighted by Crippen LogP contribution is -1.98. The van der Waals surface area contributed by atoms with E-state index in [2.05, 4.69) is 9.05 Å². The highest BCUT2D eigenvalue weighted by molar-refractivity contribution is 7.33. The van der Waals surface area contributed by atoms with Crippen molar-refractivity contribution in [1.82, 2.24) is 0 Å². The number of hydrogen-bond donors (Lipinski definition) is 0. The molecular formula is C4H7Cl3O3P+. The predicted octanol–water partition coefficient (Wildman–Crippen LogP) is 2.72. The van der Waals surface area contributed by atoms with E-state index in [-0.39, 0.29) is 19.1 Å². The topological polar surface area (TPSA) is 35.5 Å². The second-order valence-electron chi connectivity index (χ2n) is 1.43. The fourth-order valence-corrected chi connectivity index (χ4v) is 1.34. The van der Waals surface area contributed by atoms with Gasteiger partial charge in [0.25, 0.3) is 0 Å². The fraction of sp³-hybridized carbons (Fsp3) is 1.00. The molecule has 3 nitrogen and oxygen atoms in total. The Hall–Kier alpha value is 0.890.